The van der Waals surface area contributed by atoms with Gasteiger partial charge in [-0.2, -0.15) is 0 Å². The van der Waals surface area contributed by atoms with Crippen LogP contribution < -0.4 is 5.32 Å². The van der Waals surface area contributed by atoms with Crippen LogP contribution in [0.4, 0.5) is 4.79 Å². The minimum Gasteiger partial charge on any atom is -0.443 e. The summed E-state index contributed by atoms with van der Waals surface area (Å²) >= 11 is 0. The normalized spacial score (nSPS) is 13.9. The third-order valence-corrected chi connectivity index (χ3v) is 2.20. The van der Waals surface area contributed by atoms with Gasteiger partial charge in [0.05, 0.1) is 0 Å². The molecular weight excluding hydrogens is 206 g/mol. The second-order valence-electron chi connectivity index (χ2n) is 3.50. The van der Waals surface area contributed by atoms with Gasteiger partial charge in [0, 0.05) is 6.54 Å². The molecule has 0 bridgehead atoms. The molecule has 0 heterocycles. The molecule has 0 aliphatic carbocycles. The Morgan fingerprint density at radius 3 is 2.62 bits per heavy atom. The van der Waals surface area contributed by atoms with Crippen molar-refractivity contribution < 1.29 is 14.6 Å². The molecule has 4 heteroatoms. The molecule has 4 nitrogen and oxygen atoms in total. The maximum Gasteiger partial charge on any atom is 0.407 e. The minimum absolute atomic E-state index is 0.507. The van der Waals surface area contributed by atoms with Crippen LogP contribution >= 0.6 is 0 Å². The number of ether oxygens (including phenoxy) is 1. The topological polar surface area (TPSA) is 58.6 Å². The van der Waals surface area contributed by atoms with Crippen molar-refractivity contribution in [2.24, 2.45) is 0 Å². The Bertz CT molecular complexity index is 326. The zero-order chi connectivity index (χ0) is 12.0. The average Bonchev–Trinajstić information content (AvgIpc) is 2.29. The number of hydrogen-bond acceptors (Lipinski definition) is 3. The Morgan fingerprint density at radius 1 is 1.44 bits per heavy atom. The fourth-order valence-corrected chi connectivity index (χ4v) is 1.34. The number of aliphatic hydroxyl groups is 1. The molecule has 0 fully saturated rings. The van der Waals surface area contributed by atoms with Crippen LogP contribution in [-0.4, -0.2) is 23.8 Å². The fraction of sp³-hybridized carbons (Fsp3) is 0.417. The van der Waals surface area contributed by atoms with Crippen LogP contribution in [0, 0.1) is 0 Å². The van der Waals surface area contributed by atoms with E-state index in [1.54, 1.807) is 26.0 Å². The summed E-state index contributed by atoms with van der Waals surface area (Å²) in [6.07, 6.45) is -1.89. The number of hydrogen-bond donors (Lipinski definition) is 2. The lowest BCUT2D eigenvalue weighted by Crippen LogP contribution is -2.30. The molecule has 0 aliphatic heterocycles. The van der Waals surface area contributed by atoms with Gasteiger partial charge in [-0.05, 0) is 19.4 Å². The van der Waals surface area contributed by atoms with E-state index in [0.29, 0.717) is 6.54 Å². The van der Waals surface area contributed by atoms with Crippen LogP contribution in [0.2, 0.25) is 0 Å². The number of alkyl carbamates (subject to hydrolysis) is 1. The molecule has 0 saturated carbocycles. The summed E-state index contributed by atoms with van der Waals surface area (Å²) in [5.41, 5.74) is 0.735. The SMILES string of the molecule is CCNC(=O)O[C@H](C)[C@@H](O)c1ccccc1. The van der Waals surface area contributed by atoms with Crippen molar-refractivity contribution in [2.45, 2.75) is 26.1 Å². The van der Waals surface area contributed by atoms with Gasteiger partial charge in [-0.3, -0.25) is 0 Å². The zero-order valence-electron chi connectivity index (χ0n) is 9.51. The quantitative estimate of drug-likeness (QED) is 0.819. The first-order valence-corrected chi connectivity index (χ1v) is 5.32. The maximum atomic E-state index is 11.1. The predicted octanol–water partition coefficient (Wildman–Crippen LogP) is 1.85. The largest absolute Gasteiger partial charge is 0.443 e. The van der Waals surface area contributed by atoms with E-state index in [0.717, 1.165) is 5.56 Å². The van der Waals surface area contributed by atoms with Gasteiger partial charge in [0.15, 0.2) is 0 Å². The molecule has 0 saturated heterocycles. The van der Waals surface area contributed by atoms with Crippen molar-refractivity contribution >= 4 is 6.09 Å². The highest BCUT2D eigenvalue weighted by Crippen LogP contribution is 2.18. The number of carbonyl (C=O) groups is 1. The summed E-state index contributed by atoms with van der Waals surface area (Å²) in [5, 5.41) is 12.4. The summed E-state index contributed by atoms with van der Waals surface area (Å²) in [4.78, 5) is 11.1. The Kier molecular flexibility index (Phi) is 4.79. The van der Waals surface area contributed by atoms with Crippen molar-refractivity contribution in [1.82, 2.24) is 5.32 Å². The molecule has 0 aromatic heterocycles. The highest BCUT2D eigenvalue weighted by Gasteiger charge is 2.19. The molecule has 88 valence electrons. The summed E-state index contributed by atoms with van der Waals surface area (Å²) in [5.74, 6) is 0. The smallest absolute Gasteiger partial charge is 0.407 e. The van der Waals surface area contributed by atoms with Gasteiger partial charge in [0.2, 0.25) is 0 Å². The van der Waals surface area contributed by atoms with Crippen LogP contribution in [0.15, 0.2) is 30.3 Å². The van der Waals surface area contributed by atoms with Crippen LogP contribution in [0.5, 0.6) is 0 Å². The number of amides is 1. The number of rotatable bonds is 4. The number of nitrogens with one attached hydrogen (secondary N) is 1. The maximum absolute atomic E-state index is 11.1. The van der Waals surface area contributed by atoms with Crippen LogP contribution in [-0.2, 0) is 4.74 Å². The number of benzene rings is 1. The molecule has 1 aromatic carbocycles. The van der Waals surface area contributed by atoms with Crippen molar-refractivity contribution in [3.8, 4) is 0 Å². The summed E-state index contributed by atoms with van der Waals surface area (Å²) < 4.78 is 5.01. The molecule has 2 N–H and O–H groups in total. The third kappa shape index (κ3) is 3.55. The molecule has 2 atom stereocenters. The van der Waals surface area contributed by atoms with Gasteiger partial charge >= 0.3 is 6.09 Å². The first-order valence-electron chi connectivity index (χ1n) is 5.32. The minimum atomic E-state index is -0.802. The van der Waals surface area contributed by atoms with Crippen LogP contribution in [0.3, 0.4) is 0 Å². The average molecular weight is 223 g/mol. The molecule has 0 radical (unpaired) electrons. The van der Waals surface area contributed by atoms with Gasteiger partial charge < -0.3 is 15.2 Å². The lowest BCUT2D eigenvalue weighted by Gasteiger charge is -2.19. The van der Waals surface area contributed by atoms with Crippen LogP contribution in [0.1, 0.15) is 25.5 Å². The summed E-state index contributed by atoms with van der Waals surface area (Å²) in [6, 6.07) is 9.12. The first-order chi connectivity index (χ1) is 7.65. The molecule has 0 spiro atoms. The van der Waals surface area contributed by atoms with E-state index in [-0.39, 0.29) is 0 Å². The molecular formula is C12H17NO3. The van der Waals surface area contributed by atoms with E-state index in [9.17, 15) is 9.90 Å². The van der Waals surface area contributed by atoms with Gasteiger partial charge in [0.25, 0.3) is 0 Å². The highest BCUT2D eigenvalue weighted by atomic mass is 16.6. The molecule has 1 aromatic rings. The summed E-state index contributed by atoms with van der Waals surface area (Å²) in [7, 11) is 0. The van der Waals surface area contributed by atoms with Crippen molar-refractivity contribution in [3.05, 3.63) is 35.9 Å². The van der Waals surface area contributed by atoms with E-state index in [1.165, 1.54) is 0 Å². The highest BCUT2D eigenvalue weighted by molar-refractivity contribution is 5.67. The van der Waals surface area contributed by atoms with Gasteiger partial charge in [-0.15, -0.1) is 0 Å². The van der Waals surface area contributed by atoms with Gasteiger partial charge in [-0.1, -0.05) is 30.3 Å². The predicted molar refractivity (Wildman–Crippen MR) is 61.0 cm³/mol. The van der Waals surface area contributed by atoms with E-state index in [1.807, 2.05) is 18.2 Å². The second-order valence-corrected chi connectivity index (χ2v) is 3.50. The Labute approximate surface area is 95.2 Å². The van der Waals surface area contributed by atoms with Crippen molar-refractivity contribution in [3.63, 3.8) is 0 Å². The third-order valence-electron chi connectivity index (χ3n) is 2.20. The van der Waals surface area contributed by atoms with Gasteiger partial charge in [0.1, 0.15) is 12.2 Å². The summed E-state index contributed by atoms with van der Waals surface area (Å²) in [6.45, 7) is 3.97. The lowest BCUT2D eigenvalue weighted by molar-refractivity contribution is 0.0121. The molecule has 16 heavy (non-hydrogen) atoms. The second kappa shape index (κ2) is 6.12. The van der Waals surface area contributed by atoms with E-state index in [4.69, 9.17) is 4.74 Å². The zero-order valence-corrected chi connectivity index (χ0v) is 9.51. The van der Waals surface area contributed by atoms with E-state index < -0.39 is 18.3 Å². The van der Waals surface area contributed by atoms with E-state index in [2.05, 4.69) is 5.32 Å². The molecule has 0 unspecified atom stereocenters. The molecule has 1 rings (SSSR count). The number of aliphatic hydroxyl groups excluding tert-OH is 1. The molecule has 0 aliphatic rings. The monoisotopic (exact) mass is 223 g/mol. The Hall–Kier alpha value is -1.55. The Morgan fingerprint density at radius 2 is 2.06 bits per heavy atom. The fourth-order valence-electron chi connectivity index (χ4n) is 1.34. The lowest BCUT2D eigenvalue weighted by atomic mass is 10.1. The first kappa shape index (κ1) is 12.5. The van der Waals surface area contributed by atoms with Crippen molar-refractivity contribution in [2.75, 3.05) is 6.54 Å². The number of carbonyl (C=O) groups excluding carboxylic acids is 1. The standard InChI is InChI=1S/C12H17NO3/c1-3-13-12(15)16-9(2)11(14)10-7-5-4-6-8-10/h4-9,11,14H,3H2,1-2H3,(H,13,15)/t9-,11-/m1/s1. The van der Waals surface area contributed by atoms with Gasteiger partial charge in [-0.25, -0.2) is 4.79 Å². The van der Waals surface area contributed by atoms with E-state index >= 15 is 0 Å². The Balaban J connectivity index is 2.54. The van der Waals surface area contributed by atoms with Crippen molar-refractivity contribution in [1.29, 1.82) is 0 Å². The molecule has 1 amide bonds. The van der Waals surface area contributed by atoms with Crippen LogP contribution in [0.25, 0.3) is 0 Å².